The zero-order chi connectivity index (χ0) is 10.6. The minimum atomic E-state index is -0.828. The third-order valence-corrected chi connectivity index (χ3v) is 3.46. The molecule has 0 spiro atoms. The SMILES string of the molecule is C[C@H](SC(=S)N1CCOCC1)C(=O)O. The first-order valence-corrected chi connectivity index (χ1v) is 5.66. The van der Waals surface area contributed by atoms with Crippen LogP contribution in [-0.4, -0.2) is 51.8 Å². The summed E-state index contributed by atoms with van der Waals surface area (Å²) in [7, 11) is 0. The number of hydrogen-bond acceptors (Lipinski definition) is 4. The van der Waals surface area contributed by atoms with Gasteiger partial charge in [-0.15, -0.1) is 0 Å². The quantitative estimate of drug-likeness (QED) is 0.715. The number of ether oxygens (including phenoxy) is 1. The molecule has 1 aliphatic rings. The Bertz CT molecular complexity index is 229. The molecule has 0 aliphatic carbocycles. The van der Waals surface area contributed by atoms with Crippen LogP contribution in [0.3, 0.4) is 0 Å². The molecule has 0 aromatic heterocycles. The second-order valence-electron chi connectivity index (χ2n) is 2.96. The number of hydrogen-bond donors (Lipinski definition) is 1. The first-order valence-electron chi connectivity index (χ1n) is 4.37. The molecule has 4 nitrogen and oxygen atoms in total. The minimum absolute atomic E-state index is 0.481. The van der Waals surface area contributed by atoms with E-state index in [2.05, 4.69) is 0 Å². The van der Waals surface area contributed by atoms with E-state index in [1.165, 1.54) is 11.8 Å². The summed E-state index contributed by atoms with van der Waals surface area (Å²) in [5.41, 5.74) is 0. The lowest BCUT2D eigenvalue weighted by Gasteiger charge is -2.29. The molecule has 0 unspecified atom stereocenters. The standard InChI is InChI=1S/C8H13NO3S2/c1-6(7(10)11)14-8(13)9-2-4-12-5-3-9/h6H,2-5H2,1H3,(H,10,11)/t6-/m0/s1. The zero-order valence-electron chi connectivity index (χ0n) is 7.93. The van der Waals surface area contributed by atoms with Crippen molar-refractivity contribution in [3.63, 3.8) is 0 Å². The molecule has 80 valence electrons. The van der Waals surface area contributed by atoms with Crippen molar-refractivity contribution in [3.8, 4) is 0 Å². The summed E-state index contributed by atoms with van der Waals surface area (Å²) in [5.74, 6) is -0.828. The van der Waals surface area contributed by atoms with Crippen molar-refractivity contribution < 1.29 is 14.6 Å². The van der Waals surface area contributed by atoms with E-state index in [4.69, 9.17) is 22.1 Å². The Morgan fingerprint density at radius 3 is 2.64 bits per heavy atom. The van der Waals surface area contributed by atoms with Gasteiger partial charge in [0.15, 0.2) is 0 Å². The molecule has 0 aromatic carbocycles. The smallest absolute Gasteiger partial charge is 0.316 e. The van der Waals surface area contributed by atoms with Crippen molar-refractivity contribution in [2.24, 2.45) is 0 Å². The highest BCUT2D eigenvalue weighted by Gasteiger charge is 2.19. The highest BCUT2D eigenvalue weighted by atomic mass is 32.2. The topological polar surface area (TPSA) is 49.8 Å². The molecule has 1 atom stereocenters. The number of thiocarbonyl (C=S) groups is 1. The van der Waals surface area contributed by atoms with Crippen LogP contribution in [0.15, 0.2) is 0 Å². The van der Waals surface area contributed by atoms with Crippen LogP contribution in [0.1, 0.15) is 6.92 Å². The molecule has 0 radical (unpaired) electrons. The van der Waals surface area contributed by atoms with E-state index < -0.39 is 11.2 Å². The van der Waals surface area contributed by atoms with E-state index in [0.29, 0.717) is 17.5 Å². The molecule has 6 heteroatoms. The predicted molar refractivity (Wildman–Crippen MR) is 59.7 cm³/mol. The normalized spacial score (nSPS) is 19.1. The van der Waals surface area contributed by atoms with Crippen LogP contribution in [-0.2, 0) is 9.53 Å². The van der Waals surface area contributed by atoms with Crippen molar-refractivity contribution in [2.45, 2.75) is 12.2 Å². The van der Waals surface area contributed by atoms with Crippen LogP contribution in [0.25, 0.3) is 0 Å². The third kappa shape index (κ3) is 3.43. The molecular formula is C8H13NO3S2. The van der Waals surface area contributed by atoms with Gasteiger partial charge in [-0.1, -0.05) is 24.0 Å². The first-order chi connectivity index (χ1) is 6.61. The van der Waals surface area contributed by atoms with E-state index >= 15 is 0 Å². The molecule has 1 N–H and O–H groups in total. The summed E-state index contributed by atoms with van der Waals surface area (Å²) in [6.07, 6.45) is 0. The zero-order valence-corrected chi connectivity index (χ0v) is 9.57. The van der Waals surface area contributed by atoms with Gasteiger partial charge in [-0.2, -0.15) is 0 Å². The molecule has 0 amide bonds. The van der Waals surface area contributed by atoms with Crippen LogP contribution >= 0.6 is 24.0 Å². The molecule has 1 aliphatic heterocycles. The Morgan fingerprint density at radius 1 is 1.57 bits per heavy atom. The van der Waals surface area contributed by atoms with Gasteiger partial charge in [0.25, 0.3) is 0 Å². The Balaban J connectivity index is 2.36. The van der Waals surface area contributed by atoms with Crippen molar-refractivity contribution in [1.82, 2.24) is 4.90 Å². The van der Waals surface area contributed by atoms with E-state index in [9.17, 15) is 4.79 Å². The molecule has 1 rings (SSSR count). The third-order valence-electron chi connectivity index (χ3n) is 1.89. The van der Waals surface area contributed by atoms with Crippen LogP contribution in [0.5, 0.6) is 0 Å². The van der Waals surface area contributed by atoms with Crippen LogP contribution < -0.4 is 0 Å². The molecule has 1 heterocycles. The molecule has 0 aromatic rings. The van der Waals surface area contributed by atoms with Gasteiger partial charge >= 0.3 is 5.97 Å². The largest absolute Gasteiger partial charge is 0.480 e. The van der Waals surface area contributed by atoms with E-state index in [1.54, 1.807) is 6.92 Å². The van der Waals surface area contributed by atoms with Crippen molar-refractivity contribution >= 4 is 34.3 Å². The van der Waals surface area contributed by atoms with Gasteiger partial charge in [-0.05, 0) is 6.92 Å². The van der Waals surface area contributed by atoms with Crippen LogP contribution in [0, 0.1) is 0 Å². The van der Waals surface area contributed by atoms with Gasteiger partial charge in [-0.25, -0.2) is 0 Å². The average Bonchev–Trinajstić information content (AvgIpc) is 2.19. The van der Waals surface area contributed by atoms with Gasteiger partial charge in [0, 0.05) is 13.1 Å². The summed E-state index contributed by atoms with van der Waals surface area (Å²) in [6.45, 7) is 4.50. The maximum absolute atomic E-state index is 10.6. The van der Waals surface area contributed by atoms with E-state index in [-0.39, 0.29) is 0 Å². The Morgan fingerprint density at radius 2 is 2.14 bits per heavy atom. The molecule has 1 fully saturated rings. The highest BCUT2D eigenvalue weighted by molar-refractivity contribution is 8.23. The second kappa shape index (κ2) is 5.53. The van der Waals surface area contributed by atoms with Crippen molar-refractivity contribution in [1.29, 1.82) is 0 Å². The monoisotopic (exact) mass is 235 g/mol. The van der Waals surface area contributed by atoms with Gasteiger partial charge in [0.05, 0.1) is 13.2 Å². The predicted octanol–water partition coefficient (Wildman–Crippen LogP) is 0.810. The van der Waals surface area contributed by atoms with E-state index in [1.807, 2.05) is 4.90 Å². The second-order valence-corrected chi connectivity index (χ2v) is 4.94. The maximum atomic E-state index is 10.6. The number of carboxylic acids is 1. The number of morpholine rings is 1. The number of nitrogens with zero attached hydrogens (tertiary/aromatic N) is 1. The van der Waals surface area contributed by atoms with Crippen molar-refractivity contribution in [2.75, 3.05) is 26.3 Å². The molecule has 14 heavy (non-hydrogen) atoms. The Kier molecular flexibility index (Phi) is 4.64. The number of carboxylic acid groups (broad SMARTS) is 1. The molecular weight excluding hydrogens is 222 g/mol. The fourth-order valence-electron chi connectivity index (χ4n) is 1.02. The van der Waals surface area contributed by atoms with Crippen molar-refractivity contribution in [3.05, 3.63) is 0 Å². The fraction of sp³-hybridized carbons (Fsp3) is 0.750. The van der Waals surface area contributed by atoms with Gasteiger partial charge in [0.1, 0.15) is 9.57 Å². The van der Waals surface area contributed by atoms with Gasteiger partial charge in [-0.3, -0.25) is 4.79 Å². The fourth-order valence-corrected chi connectivity index (χ4v) is 2.37. The summed E-state index contributed by atoms with van der Waals surface area (Å²) in [4.78, 5) is 12.6. The maximum Gasteiger partial charge on any atom is 0.316 e. The lowest BCUT2D eigenvalue weighted by atomic mass is 10.5. The number of carbonyl (C=O) groups is 1. The van der Waals surface area contributed by atoms with Crippen LogP contribution in [0.4, 0.5) is 0 Å². The summed E-state index contributed by atoms with van der Waals surface area (Å²) >= 11 is 6.36. The summed E-state index contributed by atoms with van der Waals surface area (Å²) < 4.78 is 5.83. The highest BCUT2D eigenvalue weighted by Crippen LogP contribution is 2.17. The lowest BCUT2D eigenvalue weighted by Crippen LogP contribution is -2.39. The lowest BCUT2D eigenvalue weighted by molar-refractivity contribution is -0.136. The van der Waals surface area contributed by atoms with Gasteiger partial charge in [0.2, 0.25) is 0 Å². The Labute approximate surface area is 92.6 Å². The molecule has 0 saturated carbocycles. The summed E-state index contributed by atoms with van der Waals surface area (Å²) in [6, 6.07) is 0. The number of thioether (sulfide) groups is 1. The molecule has 0 bridgehead atoms. The van der Waals surface area contributed by atoms with E-state index in [0.717, 1.165) is 13.1 Å². The number of aliphatic carboxylic acids is 1. The van der Waals surface area contributed by atoms with Gasteiger partial charge < -0.3 is 14.7 Å². The Hall–Kier alpha value is -0.330. The first kappa shape index (κ1) is 11.7. The molecule has 1 saturated heterocycles. The van der Waals surface area contributed by atoms with Crippen LogP contribution in [0.2, 0.25) is 0 Å². The number of rotatable bonds is 2. The summed E-state index contributed by atoms with van der Waals surface area (Å²) in [5, 5.41) is 8.22. The minimum Gasteiger partial charge on any atom is -0.480 e. The average molecular weight is 235 g/mol.